The highest BCUT2D eigenvalue weighted by atomic mass is 19.1. The maximum absolute atomic E-state index is 15.3. The number of anilines is 2. The number of ether oxygens (including phenoxy) is 2. The lowest BCUT2D eigenvalue weighted by Gasteiger charge is -2.41. The highest BCUT2D eigenvalue weighted by molar-refractivity contribution is 5.92. The standard InChI is InChI=1S/C27H31FN6O3/c1-4-5-19-16-33(22(35)11-10-17-6-8-18(15-29)9-7-17)12-13-34(19)27-31-24-20(26(30)32-27)14-21(36-2)25(37-3)23(24)28/h6-9,14,19H,4-5,10-13,16H2,1-3H3,(H2,30,31,32)/t19-/m0/s1. The summed E-state index contributed by atoms with van der Waals surface area (Å²) in [7, 11) is 2.79. The third-order valence-corrected chi connectivity index (χ3v) is 6.72. The number of methoxy groups -OCH3 is 2. The fourth-order valence-corrected chi connectivity index (χ4v) is 4.75. The fourth-order valence-electron chi connectivity index (χ4n) is 4.75. The van der Waals surface area contributed by atoms with Crippen LogP contribution in [0.2, 0.25) is 0 Å². The molecular weight excluding hydrogens is 475 g/mol. The third-order valence-electron chi connectivity index (χ3n) is 6.72. The average Bonchev–Trinajstić information content (AvgIpc) is 2.92. The number of nitriles is 1. The van der Waals surface area contributed by atoms with E-state index in [1.54, 1.807) is 18.2 Å². The summed E-state index contributed by atoms with van der Waals surface area (Å²) < 4.78 is 25.7. The van der Waals surface area contributed by atoms with Crippen LogP contribution in [0, 0.1) is 17.1 Å². The van der Waals surface area contributed by atoms with Gasteiger partial charge in [0.05, 0.1) is 25.9 Å². The lowest BCUT2D eigenvalue weighted by atomic mass is 10.0. The first-order valence-corrected chi connectivity index (χ1v) is 12.3. The summed E-state index contributed by atoms with van der Waals surface area (Å²) >= 11 is 0. The first kappa shape index (κ1) is 25.9. The van der Waals surface area contributed by atoms with Gasteiger partial charge < -0.3 is 25.0 Å². The Morgan fingerprint density at radius 2 is 1.97 bits per heavy atom. The molecule has 1 fully saturated rings. The number of fused-ring (bicyclic) bond motifs is 1. The number of nitrogens with zero attached hydrogens (tertiary/aromatic N) is 5. The van der Waals surface area contributed by atoms with Gasteiger partial charge in [0.2, 0.25) is 11.9 Å². The maximum Gasteiger partial charge on any atom is 0.228 e. The summed E-state index contributed by atoms with van der Waals surface area (Å²) in [4.78, 5) is 25.9. The molecule has 194 valence electrons. The Kier molecular flexibility index (Phi) is 7.92. The van der Waals surface area contributed by atoms with Gasteiger partial charge in [-0.2, -0.15) is 10.2 Å². The van der Waals surface area contributed by atoms with Gasteiger partial charge >= 0.3 is 0 Å². The number of nitrogen functional groups attached to an aromatic ring is 1. The van der Waals surface area contributed by atoms with Crippen LogP contribution in [-0.4, -0.2) is 60.7 Å². The van der Waals surface area contributed by atoms with Crippen LogP contribution in [0.15, 0.2) is 30.3 Å². The van der Waals surface area contributed by atoms with E-state index < -0.39 is 5.82 Å². The molecule has 1 atom stereocenters. The zero-order valence-corrected chi connectivity index (χ0v) is 21.3. The molecule has 1 aromatic heterocycles. The van der Waals surface area contributed by atoms with E-state index in [1.807, 2.05) is 21.9 Å². The van der Waals surface area contributed by atoms with Gasteiger partial charge in [0.15, 0.2) is 17.3 Å². The number of aromatic nitrogens is 2. The van der Waals surface area contributed by atoms with Crippen molar-refractivity contribution >= 4 is 28.6 Å². The van der Waals surface area contributed by atoms with Crippen LogP contribution in [0.1, 0.15) is 37.3 Å². The summed E-state index contributed by atoms with van der Waals surface area (Å²) in [6.45, 7) is 3.61. The normalized spacial score (nSPS) is 15.5. The molecule has 0 bridgehead atoms. The van der Waals surface area contributed by atoms with Gasteiger partial charge in [0.25, 0.3) is 0 Å². The number of hydrogen-bond donors (Lipinski definition) is 1. The second kappa shape index (κ2) is 11.3. The SMILES string of the molecule is CCC[C@H]1CN(C(=O)CCc2ccc(C#N)cc2)CCN1c1nc(N)c2cc(OC)c(OC)c(F)c2n1. The highest BCUT2D eigenvalue weighted by Gasteiger charge is 2.31. The Hall–Kier alpha value is -4.13. The summed E-state index contributed by atoms with van der Waals surface area (Å²) in [5, 5.41) is 9.30. The molecule has 2 aromatic carbocycles. The van der Waals surface area contributed by atoms with E-state index in [0.717, 1.165) is 18.4 Å². The molecule has 0 unspecified atom stereocenters. The van der Waals surface area contributed by atoms with Crippen molar-refractivity contribution in [1.29, 1.82) is 5.26 Å². The van der Waals surface area contributed by atoms with E-state index in [4.69, 9.17) is 20.5 Å². The van der Waals surface area contributed by atoms with E-state index in [2.05, 4.69) is 23.0 Å². The zero-order valence-electron chi connectivity index (χ0n) is 21.3. The molecule has 0 saturated carbocycles. The van der Waals surface area contributed by atoms with E-state index in [-0.39, 0.29) is 34.8 Å². The number of hydrogen-bond acceptors (Lipinski definition) is 8. The van der Waals surface area contributed by atoms with Crippen molar-refractivity contribution in [2.24, 2.45) is 0 Å². The minimum absolute atomic E-state index is 0.0299. The number of carbonyl (C=O) groups excluding carboxylic acids is 1. The van der Waals surface area contributed by atoms with Crippen molar-refractivity contribution in [1.82, 2.24) is 14.9 Å². The molecule has 1 aliphatic heterocycles. The van der Waals surface area contributed by atoms with Crippen LogP contribution in [0.5, 0.6) is 11.5 Å². The van der Waals surface area contributed by atoms with Crippen LogP contribution < -0.4 is 20.1 Å². The van der Waals surface area contributed by atoms with Gasteiger partial charge in [-0.15, -0.1) is 0 Å². The molecule has 37 heavy (non-hydrogen) atoms. The molecule has 2 N–H and O–H groups in total. The monoisotopic (exact) mass is 506 g/mol. The Morgan fingerprint density at radius 3 is 2.62 bits per heavy atom. The third kappa shape index (κ3) is 5.35. The molecule has 9 nitrogen and oxygen atoms in total. The van der Waals surface area contributed by atoms with Crippen LogP contribution in [-0.2, 0) is 11.2 Å². The van der Waals surface area contributed by atoms with Crippen molar-refractivity contribution in [2.45, 2.75) is 38.6 Å². The van der Waals surface area contributed by atoms with Crippen LogP contribution in [0.3, 0.4) is 0 Å². The van der Waals surface area contributed by atoms with Crippen molar-refractivity contribution < 1.29 is 18.7 Å². The first-order chi connectivity index (χ1) is 17.9. The first-order valence-electron chi connectivity index (χ1n) is 12.3. The minimum atomic E-state index is -0.657. The van der Waals surface area contributed by atoms with Gasteiger partial charge in [-0.05, 0) is 36.6 Å². The largest absolute Gasteiger partial charge is 0.493 e. The smallest absolute Gasteiger partial charge is 0.228 e. The van der Waals surface area contributed by atoms with Crippen LogP contribution in [0.25, 0.3) is 10.9 Å². The summed E-state index contributed by atoms with van der Waals surface area (Å²) in [5.41, 5.74) is 7.92. The van der Waals surface area contributed by atoms with Gasteiger partial charge in [-0.1, -0.05) is 25.5 Å². The number of halogens is 1. The number of rotatable bonds is 8. The number of carbonyl (C=O) groups is 1. The van der Waals surface area contributed by atoms with E-state index in [9.17, 15) is 4.79 Å². The molecule has 10 heteroatoms. The highest BCUT2D eigenvalue weighted by Crippen LogP contribution is 2.38. The molecule has 1 aliphatic rings. The average molecular weight is 507 g/mol. The lowest BCUT2D eigenvalue weighted by Crippen LogP contribution is -2.55. The molecular formula is C27H31FN6O3. The van der Waals surface area contributed by atoms with Gasteiger partial charge in [-0.25, -0.2) is 9.37 Å². The summed E-state index contributed by atoms with van der Waals surface area (Å²) in [6, 6.07) is 10.9. The topological polar surface area (TPSA) is 118 Å². The number of benzene rings is 2. The summed E-state index contributed by atoms with van der Waals surface area (Å²) in [6.07, 6.45) is 2.71. The fraction of sp³-hybridized carbons (Fsp3) is 0.407. The molecule has 0 radical (unpaired) electrons. The number of amides is 1. The Labute approximate surface area is 215 Å². The number of aryl methyl sites for hydroxylation is 1. The maximum atomic E-state index is 15.3. The second-order valence-corrected chi connectivity index (χ2v) is 9.02. The van der Waals surface area contributed by atoms with E-state index in [1.165, 1.54) is 14.2 Å². The predicted octanol–water partition coefficient (Wildman–Crippen LogP) is 3.69. The van der Waals surface area contributed by atoms with Crippen molar-refractivity contribution in [2.75, 3.05) is 44.5 Å². The van der Waals surface area contributed by atoms with Crippen molar-refractivity contribution in [3.05, 3.63) is 47.3 Å². The van der Waals surface area contributed by atoms with Gasteiger partial charge in [0, 0.05) is 37.5 Å². The Bertz CT molecular complexity index is 1320. The van der Waals surface area contributed by atoms with Crippen molar-refractivity contribution in [3.8, 4) is 17.6 Å². The molecule has 2 heterocycles. The van der Waals surface area contributed by atoms with Gasteiger partial charge in [-0.3, -0.25) is 4.79 Å². The second-order valence-electron chi connectivity index (χ2n) is 9.02. The van der Waals surface area contributed by atoms with Crippen LogP contribution in [0.4, 0.5) is 16.2 Å². The molecule has 0 spiro atoms. The lowest BCUT2D eigenvalue weighted by molar-refractivity contribution is -0.132. The zero-order chi connectivity index (χ0) is 26.5. The Morgan fingerprint density at radius 1 is 1.22 bits per heavy atom. The quantitative estimate of drug-likeness (QED) is 0.492. The number of piperazine rings is 1. The molecule has 4 rings (SSSR count). The van der Waals surface area contributed by atoms with E-state index >= 15 is 4.39 Å². The van der Waals surface area contributed by atoms with Crippen molar-refractivity contribution in [3.63, 3.8) is 0 Å². The number of nitrogens with two attached hydrogens (primary N) is 1. The van der Waals surface area contributed by atoms with E-state index in [0.29, 0.717) is 49.4 Å². The molecule has 3 aromatic rings. The minimum Gasteiger partial charge on any atom is -0.493 e. The predicted molar refractivity (Wildman–Crippen MR) is 139 cm³/mol. The van der Waals surface area contributed by atoms with Gasteiger partial charge in [0.1, 0.15) is 11.3 Å². The van der Waals surface area contributed by atoms with Crippen LogP contribution >= 0.6 is 0 Å². The molecule has 1 saturated heterocycles. The summed E-state index contributed by atoms with van der Waals surface area (Å²) in [5.74, 6) is 0.0763. The molecule has 1 amide bonds. The molecule has 0 aliphatic carbocycles. The Balaban J connectivity index is 1.53.